The molecule has 0 amide bonds. The summed E-state index contributed by atoms with van der Waals surface area (Å²) in [6.07, 6.45) is 1.82. The quantitative estimate of drug-likeness (QED) is 0.413. The summed E-state index contributed by atoms with van der Waals surface area (Å²) in [6.45, 7) is 10.9. The molecular formula is C29H32N2O5S. The van der Waals surface area contributed by atoms with Crippen molar-refractivity contribution in [1.29, 1.82) is 0 Å². The van der Waals surface area contributed by atoms with Gasteiger partial charge in [0.15, 0.2) is 16.3 Å². The SMILES string of the molecule is CCOc1ccc(C=c2sc3n(c2=O)C(c2ccc(C(C)C)cc2)C(C(=O)OC)=C(C)N=3)cc1OCC. The number of hydrogen-bond donors (Lipinski definition) is 0. The van der Waals surface area contributed by atoms with E-state index in [1.165, 1.54) is 24.0 Å². The fourth-order valence-electron chi connectivity index (χ4n) is 4.38. The van der Waals surface area contributed by atoms with Gasteiger partial charge in [0, 0.05) is 0 Å². The third-order valence-electron chi connectivity index (χ3n) is 6.21. The molecule has 194 valence electrons. The zero-order chi connectivity index (χ0) is 26.7. The molecule has 2 heterocycles. The van der Waals surface area contributed by atoms with Crippen LogP contribution in [0.2, 0.25) is 0 Å². The van der Waals surface area contributed by atoms with Crippen LogP contribution >= 0.6 is 11.3 Å². The molecule has 2 aromatic carbocycles. The first-order valence-corrected chi connectivity index (χ1v) is 13.2. The van der Waals surface area contributed by atoms with E-state index in [4.69, 9.17) is 14.2 Å². The number of nitrogens with zero attached hydrogens (tertiary/aromatic N) is 2. The molecule has 37 heavy (non-hydrogen) atoms. The Kier molecular flexibility index (Phi) is 7.97. The van der Waals surface area contributed by atoms with Gasteiger partial charge in [-0.2, -0.15) is 0 Å². The van der Waals surface area contributed by atoms with Crippen LogP contribution in [0.5, 0.6) is 11.5 Å². The largest absolute Gasteiger partial charge is 0.490 e. The lowest BCUT2D eigenvalue weighted by molar-refractivity contribution is -0.136. The second kappa shape index (κ2) is 11.2. The van der Waals surface area contributed by atoms with Crippen molar-refractivity contribution in [2.45, 2.75) is 46.6 Å². The number of ether oxygens (including phenoxy) is 3. The topological polar surface area (TPSA) is 79.1 Å². The Morgan fingerprint density at radius 3 is 2.38 bits per heavy atom. The van der Waals surface area contributed by atoms with E-state index in [0.29, 0.717) is 51.2 Å². The second-order valence-corrected chi connectivity index (χ2v) is 9.98. The Labute approximate surface area is 220 Å². The first kappa shape index (κ1) is 26.4. The standard InChI is InChI=1S/C29H32N2O5S/c1-7-35-22-14-9-19(15-23(22)36-8-2)16-24-27(32)31-26(21-12-10-20(11-13-21)17(3)4)25(28(33)34-6)18(5)30-29(31)37-24/h9-17,26H,7-8H2,1-6H3. The van der Waals surface area contributed by atoms with Crippen LogP contribution in [-0.4, -0.2) is 30.9 Å². The van der Waals surface area contributed by atoms with Gasteiger partial charge < -0.3 is 14.2 Å². The number of allylic oxidation sites excluding steroid dienone is 1. The molecule has 0 saturated heterocycles. The maximum atomic E-state index is 13.8. The highest BCUT2D eigenvalue weighted by atomic mass is 32.1. The molecule has 8 heteroatoms. The summed E-state index contributed by atoms with van der Waals surface area (Å²) in [5.74, 6) is 1.15. The normalized spacial score (nSPS) is 15.4. The predicted molar refractivity (Wildman–Crippen MR) is 145 cm³/mol. The van der Waals surface area contributed by atoms with E-state index in [1.807, 2.05) is 62.4 Å². The number of benzene rings is 2. The molecule has 3 aromatic rings. The monoisotopic (exact) mass is 520 g/mol. The lowest BCUT2D eigenvalue weighted by atomic mass is 9.93. The Hall–Kier alpha value is -3.65. The number of thiazole rings is 1. The van der Waals surface area contributed by atoms with Crippen molar-refractivity contribution in [3.05, 3.63) is 90.1 Å². The van der Waals surface area contributed by atoms with Crippen molar-refractivity contribution in [2.75, 3.05) is 20.3 Å². The molecule has 7 nitrogen and oxygen atoms in total. The van der Waals surface area contributed by atoms with Crippen molar-refractivity contribution < 1.29 is 19.0 Å². The van der Waals surface area contributed by atoms with Crippen molar-refractivity contribution in [2.24, 2.45) is 4.99 Å². The molecule has 1 aliphatic heterocycles. The number of hydrogen-bond acceptors (Lipinski definition) is 7. The first-order valence-electron chi connectivity index (χ1n) is 12.4. The maximum Gasteiger partial charge on any atom is 0.338 e. The molecule has 4 rings (SSSR count). The minimum atomic E-state index is -0.633. The van der Waals surface area contributed by atoms with E-state index in [2.05, 4.69) is 18.8 Å². The maximum absolute atomic E-state index is 13.8. The number of fused-ring (bicyclic) bond motifs is 1. The summed E-state index contributed by atoms with van der Waals surface area (Å²) in [5.41, 5.74) is 3.49. The highest BCUT2D eigenvalue weighted by Crippen LogP contribution is 2.32. The summed E-state index contributed by atoms with van der Waals surface area (Å²) in [7, 11) is 1.34. The number of rotatable bonds is 8. The predicted octanol–water partition coefficient (Wildman–Crippen LogP) is 4.33. The molecule has 0 saturated carbocycles. The summed E-state index contributed by atoms with van der Waals surface area (Å²) < 4.78 is 18.6. The van der Waals surface area contributed by atoms with Crippen LogP contribution in [0.15, 0.2) is 63.5 Å². The molecule has 0 spiro atoms. The van der Waals surface area contributed by atoms with Crippen molar-refractivity contribution in [3.8, 4) is 11.5 Å². The minimum Gasteiger partial charge on any atom is -0.490 e. The summed E-state index contributed by atoms with van der Waals surface area (Å²) in [4.78, 5) is 31.8. The number of carbonyl (C=O) groups is 1. The lowest BCUT2D eigenvalue weighted by Gasteiger charge is -2.24. The van der Waals surface area contributed by atoms with Crippen LogP contribution in [0.25, 0.3) is 6.08 Å². The van der Waals surface area contributed by atoms with Gasteiger partial charge >= 0.3 is 5.97 Å². The number of esters is 1. The van der Waals surface area contributed by atoms with Gasteiger partial charge in [-0.05, 0) is 61.6 Å². The fraction of sp³-hybridized carbons (Fsp3) is 0.345. The van der Waals surface area contributed by atoms with Gasteiger partial charge in [0.05, 0.1) is 42.2 Å². The number of aromatic nitrogens is 1. The zero-order valence-corrected chi connectivity index (χ0v) is 22.8. The average Bonchev–Trinajstić information content (AvgIpc) is 3.18. The van der Waals surface area contributed by atoms with E-state index >= 15 is 0 Å². The first-order chi connectivity index (χ1) is 17.8. The molecule has 0 fully saturated rings. The molecule has 1 aliphatic rings. The van der Waals surface area contributed by atoms with E-state index in [1.54, 1.807) is 11.5 Å². The van der Waals surface area contributed by atoms with Crippen molar-refractivity contribution in [3.63, 3.8) is 0 Å². The van der Waals surface area contributed by atoms with E-state index in [-0.39, 0.29) is 5.56 Å². The van der Waals surface area contributed by atoms with Gasteiger partial charge in [0.25, 0.3) is 5.56 Å². The second-order valence-electron chi connectivity index (χ2n) is 8.97. The molecule has 1 aromatic heterocycles. The molecule has 0 aliphatic carbocycles. The van der Waals surface area contributed by atoms with Crippen LogP contribution in [0.4, 0.5) is 0 Å². The molecule has 1 atom stereocenters. The van der Waals surface area contributed by atoms with E-state index < -0.39 is 12.0 Å². The Morgan fingerprint density at radius 2 is 1.76 bits per heavy atom. The van der Waals surface area contributed by atoms with Crippen molar-refractivity contribution >= 4 is 23.4 Å². The van der Waals surface area contributed by atoms with Gasteiger partial charge in [-0.1, -0.05) is 55.5 Å². The third-order valence-corrected chi connectivity index (χ3v) is 7.19. The highest BCUT2D eigenvalue weighted by Gasteiger charge is 2.33. The minimum absolute atomic E-state index is 0.220. The number of carbonyl (C=O) groups excluding carboxylic acids is 1. The van der Waals surface area contributed by atoms with Gasteiger partial charge in [0.1, 0.15) is 0 Å². The Bertz CT molecular complexity index is 1510. The molecule has 0 N–H and O–H groups in total. The number of methoxy groups -OCH3 is 1. The van der Waals surface area contributed by atoms with Crippen LogP contribution < -0.4 is 24.4 Å². The van der Waals surface area contributed by atoms with Crippen molar-refractivity contribution in [1.82, 2.24) is 4.57 Å². The highest BCUT2D eigenvalue weighted by molar-refractivity contribution is 7.07. The third kappa shape index (κ3) is 5.25. The Morgan fingerprint density at radius 1 is 1.08 bits per heavy atom. The summed E-state index contributed by atoms with van der Waals surface area (Å²) >= 11 is 1.29. The molecule has 1 unspecified atom stereocenters. The van der Waals surface area contributed by atoms with Crippen LogP contribution in [0.1, 0.15) is 63.3 Å². The molecular weight excluding hydrogens is 488 g/mol. The van der Waals surface area contributed by atoms with Gasteiger partial charge in [0.2, 0.25) is 0 Å². The summed E-state index contributed by atoms with van der Waals surface area (Å²) in [6, 6.07) is 13.0. The van der Waals surface area contributed by atoms with Gasteiger partial charge in [-0.3, -0.25) is 9.36 Å². The molecule has 0 radical (unpaired) electrons. The van der Waals surface area contributed by atoms with Crippen LogP contribution in [0, 0.1) is 0 Å². The zero-order valence-electron chi connectivity index (χ0n) is 22.0. The van der Waals surface area contributed by atoms with Gasteiger partial charge in [-0.15, -0.1) is 0 Å². The Balaban J connectivity index is 1.88. The van der Waals surface area contributed by atoms with Gasteiger partial charge in [-0.25, -0.2) is 9.79 Å². The van der Waals surface area contributed by atoms with Crippen LogP contribution in [0.3, 0.4) is 0 Å². The summed E-state index contributed by atoms with van der Waals surface area (Å²) in [5, 5.41) is 0. The van der Waals surface area contributed by atoms with E-state index in [9.17, 15) is 9.59 Å². The smallest absolute Gasteiger partial charge is 0.338 e. The van der Waals surface area contributed by atoms with Crippen LogP contribution in [-0.2, 0) is 9.53 Å². The fourth-order valence-corrected chi connectivity index (χ4v) is 5.43. The molecule has 0 bridgehead atoms. The average molecular weight is 521 g/mol. The lowest BCUT2D eigenvalue weighted by Crippen LogP contribution is -2.39. The van der Waals surface area contributed by atoms with E-state index in [0.717, 1.165) is 11.1 Å².